The molecule has 0 atom stereocenters. The Hall–Kier alpha value is -0.870. The first-order valence-corrected chi connectivity index (χ1v) is 9.82. The third-order valence-corrected chi connectivity index (χ3v) is 6.45. The van der Waals surface area contributed by atoms with Crippen LogP contribution in [-0.2, 0) is 16.4 Å². The van der Waals surface area contributed by atoms with Gasteiger partial charge in [-0.2, -0.15) is 0 Å². The molecule has 1 saturated carbocycles. The highest BCUT2D eigenvalue weighted by molar-refractivity contribution is 7.89. The van der Waals surface area contributed by atoms with Crippen LogP contribution >= 0.6 is 0 Å². The van der Waals surface area contributed by atoms with Crippen LogP contribution in [-0.4, -0.2) is 14.5 Å². The van der Waals surface area contributed by atoms with Gasteiger partial charge in [0, 0.05) is 6.04 Å². The topological polar surface area (TPSA) is 46.2 Å². The summed E-state index contributed by atoms with van der Waals surface area (Å²) in [6, 6.07) is 7.29. The molecule has 124 valence electrons. The van der Waals surface area contributed by atoms with Crippen LogP contribution in [0.5, 0.6) is 0 Å². The Morgan fingerprint density at radius 2 is 1.59 bits per heavy atom. The molecule has 0 spiro atoms. The summed E-state index contributed by atoms with van der Waals surface area (Å²) in [5.74, 6) is 0.692. The lowest BCUT2D eigenvalue weighted by atomic mass is 9.71. The van der Waals surface area contributed by atoms with E-state index in [0.29, 0.717) is 16.2 Å². The molecule has 0 radical (unpaired) electrons. The van der Waals surface area contributed by atoms with E-state index in [4.69, 9.17) is 0 Å². The lowest BCUT2D eigenvalue weighted by Crippen LogP contribution is -2.39. The molecule has 0 heterocycles. The number of hydrogen-bond acceptors (Lipinski definition) is 2. The highest BCUT2D eigenvalue weighted by atomic mass is 32.2. The van der Waals surface area contributed by atoms with Gasteiger partial charge in [-0.15, -0.1) is 0 Å². The van der Waals surface area contributed by atoms with Crippen molar-refractivity contribution in [1.29, 1.82) is 0 Å². The minimum Gasteiger partial charge on any atom is -0.208 e. The molecule has 0 unspecified atom stereocenters. The number of sulfonamides is 1. The van der Waals surface area contributed by atoms with Gasteiger partial charge < -0.3 is 0 Å². The molecule has 3 nitrogen and oxygen atoms in total. The Morgan fingerprint density at radius 3 is 2.05 bits per heavy atom. The molecule has 1 fully saturated rings. The van der Waals surface area contributed by atoms with Gasteiger partial charge in [-0.25, -0.2) is 13.1 Å². The van der Waals surface area contributed by atoms with Crippen LogP contribution in [0, 0.1) is 11.3 Å². The van der Waals surface area contributed by atoms with E-state index in [9.17, 15) is 8.42 Å². The van der Waals surface area contributed by atoms with Crippen LogP contribution < -0.4 is 4.72 Å². The number of nitrogens with one attached hydrogen (secondary N) is 1. The molecule has 1 aromatic rings. The molecule has 1 N–H and O–H groups in total. The first-order valence-electron chi connectivity index (χ1n) is 8.33. The van der Waals surface area contributed by atoms with Gasteiger partial charge in [0.15, 0.2) is 0 Å². The molecular weight excluding hydrogens is 294 g/mol. The SMILES string of the molecule is CCc1ccc(S(=O)(=O)NC2CCC(C(C)(C)C)CC2)cc1. The summed E-state index contributed by atoms with van der Waals surface area (Å²) in [6.07, 6.45) is 5.00. The van der Waals surface area contributed by atoms with E-state index >= 15 is 0 Å². The Labute approximate surface area is 135 Å². The van der Waals surface area contributed by atoms with E-state index in [1.165, 1.54) is 0 Å². The van der Waals surface area contributed by atoms with Gasteiger partial charge in [-0.1, -0.05) is 39.8 Å². The maximum absolute atomic E-state index is 12.5. The Bertz CT molecular complexity index is 577. The van der Waals surface area contributed by atoms with Gasteiger partial charge in [0.2, 0.25) is 10.0 Å². The monoisotopic (exact) mass is 323 g/mol. The molecule has 1 aliphatic rings. The quantitative estimate of drug-likeness (QED) is 0.905. The fraction of sp³-hybridized carbons (Fsp3) is 0.667. The Morgan fingerprint density at radius 1 is 1.05 bits per heavy atom. The summed E-state index contributed by atoms with van der Waals surface area (Å²) in [4.78, 5) is 0.377. The maximum atomic E-state index is 12.5. The van der Waals surface area contributed by atoms with Gasteiger partial charge in [0.05, 0.1) is 4.90 Å². The third-order valence-electron chi connectivity index (χ3n) is 4.92. The van der Waals surface area contributed by atoms with Crippen molar-refractivity contribution in [3.05, 3.63) is 29.8 Å². The largest absolute Gasteiger partial charge is 0.240 e. The summed E-state index contributed by atoms with van der Waals surface area (Å²) < 4.78 is 27.8. The summed E-state index contributed by atoms with van der Waals surface area (Å²) in [7, 11) is -3.39. The summed E-state index contributed by atoms with van der Waals surface area (Å²) in [5.41, 5.74) is 1.48. The predicted molar refractivity (Wildman–Crippen MR) is 91.3 cm³/mol. The molecule has 2 rings (SSSR count). The lowest BCUT2D eigenvalue weighted by molar-refractivity contribution is 0.166. The third kappa shape index (κ3) is 4.32. The van der Waals surface area contributed by atoms with Crippen molar-refractivity contribution in [2.75, 3.05) is 0 Å². The van der Waals surface area contributed by atoms with Crippen molar-refractivity contribution in [3.8, 4) is 0 Å². The van der Waals surface area contributed by atoms with Crippen LogP contribution in [0.15, 0.2) is 29.2 Å². The second-order valence-corrected chi connectivity index (χ2v) is 9.25. The van der Waals surface area contributed by atoms with Crippen molar-refractivity contribution in [2.24, 2.45) is 11.3 Å². The first-order chi connectivity index (χ1) is 10.2. The molecule has 0 amide bonds. The summed E-state index contributed by atoms with van der Waals surface area (Å²) in [6.45, 7) is 8.89. The molecule has 1 aromatic carbocycles. The zero-order valence-corrected chi connectivity index (χ0v) is 15.0. The van der Waals surface area contributed by atoms with Gasteiger partial charge in [-0.3, -0.25) is 0 Å². The highest BCUT2D eigenvalue weighted by Crippen LogP contribution is 2.38. The van der Waals surface area contributed by atoms with Gasteiger partial charge in [0.1, 0.15) is 0 Å². The fourth-order valence-electron chi connectivity index (χ4n) is 3.27. The van der Waals surface area contributed by atoms with Crippen molar-refractivity contribution < 1.29 is 8.42 Å². The molecule has 0 bridgehead atoms. The Balaban J connectivity index is 1.98. The average molecular weight is 324 g/mol. The number of benzene rings is 1. The van der Waals surface area contributed by atoms with Crippen molar-refractivity contribution in [3.63, 3.8) is 0 Å². The molecule has 0 saturated heterocycles. The normalized spacial score (nSPS) is 23.5. The Kier molecular flexibility index (Phi) is 5.33. The van der Waals surface area contributed by atoms with E-state index < -0.39 is 10.0 Å². The van der Waals surface area contributed by atoms with Crippen LogP contribution in [0.4, 0.5) is 0 Å². The van der Waals surface area contributed by atoms with Crippen LogP contribution in [0.3, 0.4) is 0 Å². The van der Waals surface area contributed by atoms with Crippen molar-refractivity contribution in [2.45, 2.75) is 70.7 Å². The zero-order chi connectivity index (χ0) is 16.4. The van der Waals surface area contributed by atoms with E-state index in [1.807, 2.05) is 12.1 Å². The van der Waals surface area contributed by atoms with Crippen molar-refractivity contribution >= 4 is 10.0 Å². The van der Waals surface area contributed by atoms with Crippen molar-refractivity contribution in [1.82, 2.24) is 4.72 Å². The minimum absolute atomic E-state index is 0.0782. The second kappa shape index (κ2) is 6.71. The molecular formula is C18H29NO2S. The lowest BCUT2D eigenvalue weighted by Gasteiger charge is -2.37. The predicted octanol–water partition coefficient (Wildman–Crippen LogP) is 4.13. The number of aryl methyl sites for hydroxylation is 1. The maximum Gasteiger partial charge on any atom is 0.240 e. The fourth-order valence-corrected chi connectivity index (χ4v) is 4.57. The van der Waals surface area contributed by atoms with Gasteiger partial charge in [-0.05, 0) is 61.1 Å². The van der Waals surface area contributed by atoms with Crippen LogP contribution in [0.2, 0.25) is 0 Å². The molecule has 0 aliphatic heterocycles. The second-order valence-electron chi connectivity index (χ2n) is 7.53. The number of hydrogen-bond donors (Lipinski definition) is 1. The molecule has 1 aliphatic carbocycles. The zero-order valence-electron chi connectivity index (χ0n) is 14.2. The van der Waals surface area contributed by atoms with Crippen LogP contribution in [0.25, 0.3) is 0 Å². The average Bonchev–Trinajstić information content (AvgIpc) is 2.46. The summed E-state index contributed by atoms with van der Waals surface area (Å²) in [5, 5.41) is 0. The van der Waals surface area contributed by atoms with Crippen LogP contribution in [0.1, 0.15) is 58.9 Å². The van der Waals surface area contributed by atoms with E-state index in [1.54, 1.807) is 12.1 Å². The molecule has 22 heavy (non-hydrogen) atoms. The van der Waals surface area contributed by atoms with Gasteiger partial charge >= 0.3 is 0 Å². The van der Waals surface area contributed by atoms with E-state index in [-0.39, 0.29) is 6.04 Å². The number of rotatable bonds is 4. The molecule has 0 aromatic heterocycles. The highest BCUT2D eigenvalue weighted by Gasteiger charge is 2.31. The van der Waals surface area contributed by atoms with E-state index in [2.05, 4.69) is 32.4 Å². The van der Waals surface area contributed by atoms with Gasteiger partial charge in [0.25, 0.3) is 0 Å². The summed E-state index contributed by atoms with van der Waals surface area (Å²) >= 11 is 0. The first kappa shape index (κ1) is 17.5. The minimum atomic E-state index is -3.39. The standard InChI is InChI=1S/C18H29NO2S/c1-5-14-6-12-17(13-7-14)22(20,21)19-16-10-8-15(9-11-16)18(2,3)4/h6-7,12-13,15-16,19H,5,8-11H2,1-4H3. The smallest absolute Gasteiger partial charge is 0.208 e. The molecule has 4 heteroatoms. The van der Waals surface area contributed by atoms with E-state index in [0.717, 1.165) is 37.7 Å².